The van der Waals surface area contributed by atoms with Crippen molar-refractivity contribution >= 4 is 62.5 Å². The second kappa shape index (κ2) is 7.91. The van der Waals surface area contributed by atoms with Crippen molar-refractivity contribution in [3.8, 4) is 0 Å². The van der Waals surface area contributed by atoms with E-state index in [4.69, 9.17) is 23.2 Å². The number of hydrogen-bond acceptors (Lipinski definition) is 3. The lowest BCUT2D eigenvalue weighted by Gasteiger charge is -2.54. The molecule has 1 saturated heterocycles. The van der Waals surface area contributed by atoms with Crippen LogP contribution in [0.1, 0.15) is 34.7 Å². The molecule has 3 aromatic carbocycles. The van der Waals surface area contributed by atoms with Gasteiger partial charge in [0, 0.05) is 10.2 Å². The summed E-state index contributed by atoms with van der Waals surface area (Å²) in [4.78, 5) is 39.7. The average Bonchev–Trinajstić information content (AvgIpc) is 3.15. The first-order valence-corrected chi connectivity index (χ1v) is 13.2. The molecule has 7 rings (SSSR count). The summed E-state index contributed by atoms with van der Waals surface area (Å²) in [5, 5.41) is 2.83. The molecule has 8 heteroatoms. The Bertz CT molecular complexity index is 1370. The smallest absolute Gasteiger partial charge is 0.247 e. The maximum absolute atomic E-state index is 14.0. The molecule has 0 saturated carbocycles. The molecule has 0 radical (unpaired) electrons. The van der Waals surface area contributed by atoms with E-state index in [0.717, 1.165) is 37.2 Å². The number of halogens is 3. The van der Waals surface area contributed by atoms with Crippen molar-refractivity contribution in [1.82, 2.24) is 4.90 Å². The number of carbonyl (C=O) groups is 3. The van der Waals surface area contributed by atoms with Crippen LogP contribution in [0.2, 0.25) is 0 Å². The predicted octanol–water partition coefficient (Wildman–Crippen LogP) is 5.68. The number of carbonyl (C=O) groups excluding carboxylic acids is 3. The van der Waals surface area contributed by atoms with E-state index >= 15 is 0 Å². The van der Waals surface area contributed by atoms with E-state index in [0.29, 0.717) is 5.69 Å². The maximum Gasteiger partial charge on any atom is 0.247 e. The lowest BCUT2D eigenvalue weighted by atomic mass is 9.54. The van der Waals surface area contributed by atoms with Crippen molar-refractivity contribution in [3.63, 3.8) is 0 Å². The minimum Gasteiger partial charge on any atom is -0.324 e. The van der Waals surface area contributed by atoms with Gasteiger partial charge in [0.05, 0.1) is 11.8 Å². The summed E-state index contributed by atoms with van der Waals surface area (Å²) in [6.07, 6.45) is 0. The molecule has 182 valence electrons. The molecule has 1 fully saturated rings. The Balaban J connectivity index is 1.43. The van der Waals surface area contributed by atoms with Crippen LogP contribution < -0.4 is 5.32 Å². The molecule has 1 N–H and O–H groups in total. The van der Waals surface area contributed by atoms with E-state index in [9.17, 15) is 14.4 Å². The predicted molar refractivity (Wildman–Crippen MR) is 142 cm³/mol. The summed E-state index contributed by atoms with van der Waals surface area (Å²) >= 11 is 18.3. The lowest BCUT2D eigenvalue weighted by Crippen LogP contribution is -2.57. The van der Waals surface area contributed by atoms with Gasteiger partial charge in [0.15, 0.2) is 0 Å². The zero-order chi connectivity index (χ0) is 25.6. The van der Waals surface area contributed by atoms with Crippen LogP contribution in [0.15, 0.2) is 71.2 Å². The topological polar surface area (TPSA) is 66.5 Å². The van der Waals surface area contributed by atoms with Gasteiger partial charge in [-0.25, -0.2) is 0 Å². The summed E-state index contributed by atoms with van der Waals surface area (Å²) in [6, 6.07) is 19.3. The number of nitrogens with one attached hydrogen (secondary N) is 1. The summed E-state index contributed by atoms with van der Waals surface area (Å²) < 4.78 is 0.914. The van der Waals surface area contributed by atoms with E-state index in [-0.39, 0.29) is 0 Å². The van der Waals surface area contributed by atoms with Gasteiger partial charge >= 0.3 is 0 Å². The van der Waals surface area contributed by atoms with Gasteiger partial charge in [0.1, 0.15) is 15.8 Å². The Labute approximate surface area is 226 Å². The third-order valence-electron chi connectivity index (χ3n) is 7.81. The second-order valence-electron chi connectivity index (χ2n) is 9.65. The molecule has 36 heavy (non-hydrogen) atoms. The van der Waals surface area contributed by atoms with Gasteiger partial charge in [0.25, 0.3) is 0 Å². The first-order valence-electron chi connectivity index (χ1n) is 11.6. The second-order valence-corrected chi connectivity index (χ2v) is 11.7. The Morgan fingerprint density at radius 1 is 0.889 bits per heavy atom. The van der Waals surface area contributed by atoms with Crippen LogP contribution in [-0.4, -0.2) is 28.7 Å². The van der Waals surface area contributed by atoms with E-state index in [2.05, 4.69) is 21.2 Å². The van der Waals surface area contributed by atoms with Gasteiger partial charge in [-0.2, -0.15) is 0 Å². The normalized spacial score (nSPS) is 28.4. The van der Waals surface area contributed by atoms with Crippen LogP contribution in [0.3, 0.4) is 0 Å². The van der Waals surface area contributed by atoms with Crippen LogP contribution in [-0.2, 0) is 24.1 Å². The van der Waals surface area contributed by atoms with Crippen molar-refractivity contribution in [3.05, 3.63) is 99.0 Å². The minimum absolute atomic E-state index is 0.466. The molecule has 3 atom stereocenters. The van der Waals surface area contributed by atoms with Gasteiger partial charge in [-0.1, -0.05) is 64.5 Å². The highest BCUT2D eigenvalue weighted by molar-refractivity contribution is 9.10. The fourth-order valence-electron chi connectivity index (χ4n) is 6.16. The van der Waals surface area contributed by atoms with Crippen molar-refractivity contribution in [2.24, 2.45) is 11.8 Å². The van der Waals surface area contributed by atoms with E-state index < -0.39 is 45.3 Å². The van der Waals surface area contributed by atoms with Gasteiger partial charge in [-0.3, -0.25) is 19.3 Å². The number of imide groups is 1. The molecule has 0 aromatic heterocycles. The van der Waals surface area contributed by atoms with Crippen molar-refractivity contribution in [2.75, 3.05) is 5.32 Å². The third kappa shape index (κ3) is 2.86. The highest BCUT2D eigenvalue weighted by Gasteiger charge is 2.73. The van der Waals surface area contributed by atoms with Gasteiger partial charge in [0.2, 0.25) is 17.7 Å². The molecule has 5 nitrogen and oxygen atoms in total. The Kier molecular flexibility index (Phi) is 5.21. The molecular weight excluding hydrogens is 563 g/mol. The van der Waals surface area contributed by atoms with Crippen LogP contribution in [0.5, 0.6) is 0 Å². The molecule has 3 aliphatic carbocycles. The number of alkyl halides is 2. The number of benzene rings is 3. The number of nitrogens with zero attached hydrogens (tertiary/aromatic N) is 1. The summed E-state index contributed by atoms with van der Waals surface area (Å²) in [5.74, 6) is -3.29. The van der Waals surface area contributed by atoms with Crippen LogP contribution in [0.4, 0.5) is 5.69 Å². The highest BCUT2D eigenvalue weighted by Crippen LogP contribution is 2.69. The number of amides is 3. The van der Waals surface area contributed by atoms with Gasteiger partial charge < -0.3 is 5.32 Å². The fraction of sp³-hybridized carbons (Fsp3) is 0.250. The van der Waals surface area contributed by atoms with Crippen molar-refractivity contribution in [2.45, 2.75) is 29.6 Å². The van der Waals surface area contributed by atoms with Crippen molar-refractivity contribution < 1.29 is 14.4 Å². The van der Waals surface area contributed by atoms with E-state index in [1.165, 1.54) is 0 Å². The Hall–Kier alpha value is -2.67. The quantitative estimate of drug-likeness (QED) is 0.319. The highest BCUT2D eigenvalue weighted by atomic mass is 79.9. The third-order valence-corrected chi connectivity index (χ3v) is 9.99. The molecule has 0 spiro atoms. The monoisotopic (exact) mass is 582 g/mol. The van der Waals surface area contributed by atoms with E-state index in [1.54, 1.807) is 13.0 Å². The summed E-state index contributed by atoms with van der Waals surface area (Å²) in [5.41, 5.74) is 4.44. The SMILES string of the molecule is Cc1cc(NC(=O)[C@H](C)N2C(=O)[C@H]3[C@H](C2=O)C2(Cl)c4ccccc4C3(Cl)c3ccccc32)ccc1Br. The molecule has 0 unspecified atom stereocenters. The first kappa shape index (κ1) is 23.7. The number of likely N-dealkylation sites (tertiary alicyclic amines) is 1. The molecule has 3 amide bonds. The molecule has 2 bridgehead atoms. The molecule has 1 aliphatic heterocycles. The van der Waals surface area contributed by atoms with Gasteiger partial charge in [-0.15, -0.1) is 23.2 Å². The first-order chi connectivity index (χ1) is 17.1. The number of aryl methyl sites for hydroxylation is 1. The molecule has 3 aromatic rings. The molecular formula is C28H21BrCl2N2O3. The lowest BCUT2D eigenvalue weighted by molar-refractivity contribution is -0.146. The summed E-state index contributed by atoms with van der Waals surface area (Å²) in [7, 11) is 0. The standard InChI is InChI=1S/C28H21BrCl2N2O3/c1-14-13-16(11-12-21(14)29)32-24(34)15(2)33-25(35)22-23(26(33)36)28(31)18-8-4-3-7-17(18)27(22,30)19-9-5-6-10-20(19)28/h3-13,15,22-23H,1-2H3,(H,32,34)/t15-,22+,23+,27?,28?/m0/s1. The zero-order valence-corrected chi connectivity index (χ0v) is 22.5. The van der Waals surface area contributed by atoms with Crippen LogP contribution in [0, 0.1) is 18.8 Å². The zero-order valence-electron chi connectivity index (χ0n) is 19.4. The molecule has 1 heterocycles. The Morgan fingerprint density at radius 2 is 1.33 bits per heavy atom. The minimum atomic E-state index is -1.27. The van der Waals surface area contributed by atoms with Crippen LogP contribution in [0.25, 0.3) is 0 Å². The maximum atomic E-state index is 14.0. The van der Waals surface area contributed by atoms with Gasteiger partial charge in [-0.05, 0) is 59.9 Å². The number of rotatable bonds is 3. The average molecular weight is 584 g/mol. The number of anilines is 1. The van der Waals surface area contributed by atoms with Crippen molar-refractivity contribution in [1.29, 1.82) is 0 Å². The number of hydrogen-bond donors (Lipinski definition) is 1. The molecule has 4 aliphatic rings. The Morgan fingerprint density at radius 3 is 1.75 bits per heavy atom. The van der Waals surface area contributed by atoms with Crippen LogP contribution >= 0.6 is 39.1 Å². The fourth-order valence-corrected chi connectivity index (χ4v) is 7.50. The largest absolute Gasteiger partial charge is 0.324 e. The summed E-state index contributed by atoms with van der Waals surface area (Å²) in [6.45, 7) is 3.46. The van der Waals surface area contributed by atoms with E-state index in [1.807, 2.05) is 67.6 Å².